The van der Waals surface area contributed by atoms with Crippen LogP contribution in [0.4, 0.5) is 0 Å². The molecule has 0 spiro atoms. The maximum absolute atomic E-state index is 12.5. The van der Waals surface area contributed by atoms with E-state index < -0.39 is 12.1 Å². The first-order valence-corrected chi connectivity index (χ1v) is 31.4. The monoisotopic (exact) mass is 974 g/mol. The highest BCUT2D eigenvalue weighted by Crippen LogP contribution is 2.18. The van der Waals surface area contributed by atoms with Gasteiger partial charge < -0.3 is 20.3 Å². The van der Waals surface area contributed by atoms with Crippen molar-refractivity contribution in [2.24, 2.45) is 0 Å². The molecule has 0 rings (SSSR count). The van der Waals surface area contributed by atoms with Crippen LogP contribution in [-0.2, 0) is 14.3 Å². The molecule has 0 bridgehead atoms. The number of carbonyl (C=O) groups excluding carboxylic acids is 2. The van der Waals surface area contributed by atoms with Gasteiger partial charge in [0.15, 0.2) is 0 Å². The van der Waals surface area contributed by atoms with E-state index >= 15 is 0 Å². The average Bonchev–Trinajstić information content (AvgIpc) is 3.35. The minimum absolute atomic E-state index is 0.00476. The third kappa shape index (κ3) is 55.8. The number of rotatable bonds is 59. The molecule has 0 saturated carbocycles. The molecule has 0 radical (unpaired) electrons. The molecule has 0 aliphatic rings. The SMILES string of the molecule is CCCCCC/C=C\CCCCCCCC(=O)OCCCCCCCCCCCCCCCCCCCCCCCCC(=O)NC(CO)C(O)CCCCCCCCCCCCCCCCCCC. The van der Waals surface area contributed by atoms with E-state index in [1.807, 2.05) is 0 Å². The van der Waals surface area contributed by atoms with Crippen LogP contribution in [0.15, 0.2) is 12.2 Å². The molecule has 2 unspecified atom stereocenters. The Labute approximate surface area is 431 Å². The standard InChI is InChI=1S/C63H123NO5/c1-3-5-7-9-11-13-15-17-18-25-28-32-35-39-43-47-51-55-61(66)60(59-65)64-62(67)56-52-48-44-40-36-33-29-26-23-21-19-20-22-24-27-30-34-38-42-46-50-54-58-69-63(68)57-53-49-45-41-37-31-16-14-12-10-8-6-4-2/h14,16,60-61,65-66H,3-13,15,17-59H2,1-2H3,(H,64,67)/b16-14-. The maximum Gasteiger partial charge on any atom is 0.305 e. The van der Waals surface area contributed by atoms with Gasteiger partial charge in [-0.05, 0) is 51.4 Å². The van der Waals surface area contributed by atoms with E-state index in [4.69, 9.17) is 4.74 Å². The summed E-state index contributed by atoms with van der Waals surface area (Å²) in [7, 11) is 0. The second kappa shape index (κ2) is 59.2. The molecule has 410 valence electrons. The van der Waals surface area contributed by atoms with Gasteiger partial charge >= 0.3 is 5.97 Å². The number of amides is 1. The zero-order valence-corrected chi connectivity index (χ0v) is 46.8. The van der Waals surface area contributed by atoms with Crippen LogP contribution in [0, 0.1) is 0 Å². The van der Waals surface area contributed by atoms with Gasteiger partial charge in [0.1, 0.15) is 0 Å². The Morgan fingerprint density at radius 3 is 1.04 bits per heavy atom. The summed E-state index contributed by atoms with van der Waals surface area (Å²) in [6.45, 7) is 4.96. The largest absolute Gasteiger partial charge is 0.466 e. The zero-order valence-electron chi connectivity index (χ0n) is 46.8. The van der Waals surface area contributed by atoms with Crippen molar-refractivity contribution in [2.75, 3.05) is 13.2 Å². The van der Waals surface area contributed by atoms with Gasteiger partial charge in [0.25, 0.3) is 0 Å². The lowest BCUT2D eigenvalue weighted by molar-refractivity contribution is -0.143. The third-order valence-corrected chi connectivity index (χ3v) is 14.8. The van der Waals surface area contributed by atoms with Crippen LogP contribution in [0.3, 0.4) is 0 Å². The topological polar surface area (TPSA) is 95.9 Å². The number of allylic oxidation sites excluding steroid dienone is 2. The molecule has 0 fully saturated rings. The van der Waals surface area contributed by atoms with Gasteiger partial charge in [-0.1, -0.05) is 302 Å². The summed E-state index contributed by atoms with van der Waals surface area (Å²) in [5, 5.41) is 23.3. The molecule has 0 aromatic carbocycles. The molecule has 1 amide bonds. The molecule has 6 nitrogen and oxygen atoms in total. The summed E-state index contributed by atoms with van der Waals surface area (Å²) in [6.07, 6.45) is 70.8. The van der Waals surface area contributed by atoms with E-state index in [0.717, 1.165) is 44.9 Å². The number of carbonyl (C=O) groups is 2. The van der Waals surface area contributed by atoms with Gasteiger partial charge in [-0.15, -0.1) is 0 Å². The highest BCUT2D eigenvalue weighted by atomic mass is 16.5. The van der Waals surface area contributed by atoms with Crippen molar-refractivity contribution >= 4 is 11.9 Å². The highest BCUT2D eigenvalue weighted by molar-refractivity contribution is 5.76. The summed E-state index contributed by atoms with van der Waals surface area (Å²) in [4.78, 5) is 24.5. The lowest BCUT2D eigenvalue weighted by Crippen LogP contribution is -2.45. The van der Waals surface area contributed by atoms with Crippen molar-refractivity contribution in [3.63, 3.8) is 0 Å². The number of aliphatic hydroxyl groups excluding tert-OH is 2. The van der Waals surface area contributed by atoms with E-state index in [9.17, 15) is 19.8 Å². The average molecular weight is 975 g/mol. The van der Waals surface area contributed by atoms with Crippen LogP contribution in [-0.4, -0.2) is 47.4 Å². The molecule has 0 aliphatic carbocycles. The lowest BCUT2D eigenvalue weighted by atomic mass is 10.0. The number of hydrogen-bond acceptors (Lipinski definition) is 5. The summed E-state index contributed by atoms with van der Waals surface area (Å²) >= 11 is 0. The second-order valence-corrected chi connectivity index (χ2v) is 21.7. The number of esters is 1. The van der Waals surface area contributed by atoms with Gasteiger partial charge in [0.2, 0.25) is 5.91 Å². The highest BCUT2D eigenvalue weighted by Gasteiger charge is 2.20. The minimum atomic E-state index is -0.664. The summed E-state index contributed by atoms with van der Waals surface area (Å²) in [6, 6.07) is -0.541. The molecule has 0 heterocycles. The predicted octanol–water partition coefficient (Wildman–Crippen LogP) is 19.6. The molecule has 69 heavy (non-hydrogen) atoms. The van der Waals surface area contributed by atoms with Crippen molar-refractivity contribution in [3.05, 3.63) is 12.2 Å². The van der Waals surface area contributed by atoms with Crippen molar-refractivity contribution in [1.82, 2.24) is 5.32 Å². The fraction of sp³-hybridized carbons (Fsp3) is 0.937. The van der Waals surface area contributed by atoms with Gasteiger partial charge in [-0.2, -0.15) is 0 Å². The Balaban J connectivity index is 3.38. The first-order valence-electron chi connectivity index (χ1n) is 31.4. The Bertz CT molecular complexity index is 1030. The molecule has 0 aliphatic heterocycles. The van der Waals surface area contributed by atoms with E-state index in [1.54, 1.807) is 0 Å². The Hall–Kier alpha value is -1.40. The number of hydrogen-bond donors (Lipinski definition) is 3. The molecule has 6 heteroatoms. The van der Waals surface area contributed by atoms with E-state index in [0.29, 0.717) is 25.9 Å². The summed E-state index contributed by atoms with van der Waals surface area (Å²) in [5.41, 5.74) is 0. The number of unbranched alkanes of at least 4 members (excludes halogenated alkanes) is 46. The quantitative estimate of drug-likeness (QED) is 0.0321. The number of nitrogens with one attached hydrogen (secondary N) is 1. The van der Waals surface area contributed by atoms with Crippen molar-refractivity contribution < 1.29 is 24.5 Å². The minimum Gasteiger partial charge on any atom is -0.466 e. The molecular formula is C63H123NO5. The molecular weight excluding hydrogens is 851 g/mol. The van der Waals surface area contributed by atoms with E-state index in [2.05, 4.69) is 31.3 Å². The van der Waals surface area contributed by atoms with Crippen LogP contribution in [0.2, 0.25) is 0 Å². The number of ether oxygens (including phenoxy) is 1. The van der Waals surface area contributed by atoms with Crippen LogP contribution in [0.5, 0.6) is 0 Å². The Morgan fingerprint density at radius 1 is 0.391 bits per heavy atom. The third-order valence-electron chi connectivity index (χ3n) is 14.8. The second-order valence-electron chi connectivity index (χ2n) is 21.7. The van der Waals surface area contributed by atoms with E-state index in [-0.39, 0.29) is 18.5 Å². The molecule has 0 aromatic rings. The van der Waals surface area contributed by atoms with Crippen LogP contribution < -0.4 is 5.32 Å². The molecule has 0 aromatic heterocycles. The van der Waals surface area contributed by atoms with Gasteiger partial charge in [0, 0.05) is 12.8 Å². The van der Waals surface area contributed by atoms with Crippen LogP contribution in [0.25, 0.3) is 0 Å². The lowest BCUT2D eigenvalue weighted by Gasteiger charge is -2.22. The summed E-state index contributed by atoms with van der Waals surface area (Å²) in [5.74, 6) is -0.0273. The smallest absolute Gasteiger partial charge is 0.305 e. The fourth-order valence-electron chi connectivity index (χ4n) is 9.99. The first-order chi connectivity index (χ1) is 34.0. The van der Waals surface area contributed by atoms with Crippen molar-refractivity contribution in [1.29, 1.82) is 0 Å². The normalized spacial score (nSPS) is 12.6. The Morgan fingerprint density at radius 2 is 0.681 bits per heavy atom. The predicted molar refractivity (Wildman–Crippen MR) is 301 cm³/mol. The van der Waals surface area contributed by atoms with Gasteiger partial charge in [0.05, 0.1) is 25.4 Å². The molecule has 3 N–H and O–H groups in total. The van der Waals surface area contributed by atoms with Crippen LogP contribution in [0.1, 0.15) is 354 Å². The van der Waals surface area contributed by atoms with Gasteiger partial charge in [-0.25, -0.2) is 0 Å². The maximum atomic E-state index is 12.5. The fourth-order valence-corrected chi connectivity index (χ4v) is 9.99. The summed E-state index contributed by atoms with van der Waals surface area (Å²) < 4.78 is 5.47. The first kappa shape index (κ1) is 67.6. The van der Waals surface area contributed by atoms with Crippen molar-refractivity contribution in [2.45, 2.75) is 366 Å². The molecule has 2 atom stereocenters. The Kier molecular flexibility index (Phi) is 58.0. The van der Waals surface area contributed by atoms with Crippen molar-refractivity contribution in [3.8, 4) is 0 Å². The number of aliphatic hydroxyl groups is 2. The zero-order chi connectivity index (χ0) is 50.0. The van der Waals surface area contributed by atoms with E-state index in [1.165, 1.54) is 276 Å². The van der Waals surface area contributed by atoms with Gasteiger partial charge in [-0.3, -0.25) is 9.59 Å². The van der Waals surface area contributed by atoms with Crippen LogP contribution >= 0.6 is 0 Å². The molecule has 0 saturated heterocycles.